The van der Waals surface area contributed by atoms with Crippen molar-refractivity contribution in [3.63, 3.8) is 0 Å². The lowest BCUT2D eigenvalue weighted by Crippen LogP contribution is -2.13. The van der Waals surface area contributed by atoms with Gasteiger partial charge in [0.2, 0.25) is 0 Å². The van der Waals surface area contributed by atoms with Gasteiger partial charge in [-0.2, -0.15) is 4.98 Å². The molecule has 0 radical (unpaired) electrons. The van der Waals surface area contributed by atoms with Crippen molar-refractivity contribution in [2.75, 3.05) is 6.54 Å². The van der Waals surface area contributed by atoms with Crippen molar-refractivity contribution >= 4 is 0 Å². The standard InChI is InChI=1S/C12H21N3O2/c1-8-3-2-4-9(7-8)11-14-12(17-15-11)10(16)5-6-13/h8-10,16H,2-7,13H2,1H3. The van der Waals surface area contributed by atoms with Gasteiger partial charge in [-0.3, -0.25) is 0 Å². The molecule has 0 spiro atoms. The molecule has 1 aromatic rings. The van der Waals surface area contributed by atoms with Crippen LogP contribution >= 0.6 is 0 Å². The van der Waals surface area contributed by atoms with Crippen LogP contribution in [0.5, 0.6) is 0 Å². The van der Waals surface area contributed by atoms with Gasteiger partial charge in [0.05, 0.1) is 0 Å². The van der Waals surface area contributed by atoms with Crippen molar-refractivity contribution < 1.29 is 9.63 Å². The summed E-state index contributed by atoms with van der Waals surface area (Å²) in [7, 11) is 0. The lowest BCUT2D eigenvalue weighted by atomic mass is 9.82. The zero-order chi connectivity index (χ0) is 12.3. The van der Waals surface area contributed by atoms with Crippen LogP contribution in [0, 0.1) is 5.92 Å². The van der Waals surface area contributed by atoms with E-state index in [1.807, 2.05) is 0 Å². The van der Waals surface area contributed by atoms with Crippen molar-refractivity contribution in [3.05, 3.63) is 11.7 Å². The highest BCUT2D eigenvalue weighted by molar-refractivity contribution is 4.99. The fourth-order valence-electron chi connectivity index (χ4n) is 2.50. The van der Waals surface area contributed by atoms with Gasteiger partial charge >= 0.3 is 0 Å². The lowest BCUT2D eigenvalue weighted by molar-refractivity contribution is 0.127. The molecule has 1 aliphatic carbocycles. The van der Waals surface area contributed by atoms with E-state index in [2.05, 4.69) is 17.1 Å². The number of aliphatic hydroxyl groups excluding tert-OH is 1. The molecule has 17 heavy (non-hydrogen) atoms. The lowest BCUT2D eigenvalue weighted by Gasteiger charge is -2.23. The molecule has 0 aliphatic heterocycles. The molecule has 0 saturated heterocycles. The van der Waals surface area contributed by atoms with Crippen LogP contribution in [0.4, 0.5) is 0 Å². The van der Waals surface area contributed by atoms with Gasteiger partial charge < -0.3 is 15.4 Å². The number of hydrogen-bond acceptors (Lipinski definition) is 5. The Labute approximate surface area is 101 Å². The van der Waals surface area contributed by atoms with Gasteiger partial charge in [-0.05, 0) is 31.7 Å². The summed E-state index contributed by atoms with van der Waals surface area (Å²) in [4.78, 5) is 4.30. The molecular weight excluding hydrogens is 218 g/mol. The molecule has 5 heteroatoms. The Morgan fingerprint density at radius 3 is 3.06 bits per heavy atom. The summed E-state index contributed by atoms with van der Waals surface area (Å²) in [6, 6.07) is 0. The Kier molecular flexibility index (Phi) is 4.12. The number of aromatic nitrogens is 2. The summed E-state index contributed by atoms with van der Waals surface area (Å²) in [5.74, 6) is 2.18. The minimum Gasteiger partial charge on any atom is -0.383 e. The molecular formula is C12H21N3O2. The van der Waals surface area contributed by atoms with Crippen LogP contribution in [0.25, 0.3) is 0 Å². The van der Waals surface area contributed by atoms with Crippen LogP contribution in [0.2, 0.25) is 0 Å². The summed E-state index contributed by atoms with van der Waals surface area (Å²) in [5, 5.41) is 13.7. The molecule has 1 heterocycles. The van der Waals surface area contributed by atoms with Crippen LogP contribution in [0.1, 0.15) is 62.8 Å². The van der Waals surface area contributed by atoms with Crippen LogP contribution in [-0.2, 0) is 0 Å². The molecule has 3 N–H and O–H groups in total. The summed E-state index contributed by atoms with van der Waals surface area (Å²) in [6.45, 7) is 2.68. The second-order valence-corrected chi connectivity index (χ2v) is 5.05. The quantitative estimate of drug-likeness (QED) is 0.836. The SMILES string of the molecule is CC1CCCC(c2noc(C(O)CCN)n2)C1. The van der Waals surface area contributed by atoms with E-state index in [0.29, 0.717) is 24.8 Å². The van der Waals surface area contributed by atoms with Crippen molar-refractivity contribution in [1.29, 1.82) is 0 Å². The largest absolute Gasteiger partial charge is 0.383 e. The molecule has 1 saturated carbocycles. The molecule has 0 bridgehead atoms. The van der Waals surface area contributed by atoms with E-state index < -0.39 is 6.10 Å². The highest BCUT2D eigenvalue weighted by atomic mass is 16.5. The van der Waals surface area contributed by atoms with Gasteiger partial charge in [-0.25, -0.2) is 0 Å². The van der Waals surface area contributed by atoms with E-state index in [0.717, 1.165) is 24.6 Å². The van der Waals surface area contributed by atoms with Gasteiger partial charge in [0, 0.05) is 5.92 Å². The third-order valence-corrected chi connectivity index (χ3v) is 3.48. The topological polar surface area (TPSA) is 85.2 Å². The molecule has 0 amide bonds. The second kappa shape index (κ2) is 5.60. The molecule has 0 aromatic carbocycles. The van der Waals surface area contributed by atoms with E-state index in [1.165, 1.54) is 12.8 Å². The van der Waals surface area contributed by atoms with Gasteiger partial charge in [0.15, 0.2) is 5.82 Å². The molecule has 5 nitrogen and oxygen atoms in total. The highest BCUT2D eigenvalue weighted by Gasteiger charge is 2.25. The van der Waals surface area contributed by atoms with E-state index in [4.69, 9.17) is 10.3 Å². The summed E-state index contributed by atoms with van der Waals surface area (Å²) >= 11 is 0. The highest BCUT2D eigenvalue weighted by Crippen LogP contribution is 2.34. The van der Waals surface area contributed by atoms with Crippen molar-refractivity contribution in [2.45, 2.75) is 51.0 Å². The maximum Gasteiger partial charge on any atom is 0.255 e. The van der Waals surface area contributed by atoms with Gasteiger partial charge in [-0.1, -0.05) is 24.9 Å². The van der Waals surface area contributed by atoms with Crippen LogP contribution in [0.3, 0.4) is 0 Å². The Morgan fingerprint density at radius 1 is 1.53 bits per heavy atom. The fourth-order valence-corrected chi connectivity index (χ4v) is 2.50. The third kappa shape index (κ3) is 3.04. The average Bonchev–Trinajstić information content (AvgIpc) is 2.78. The van der Waals surface area contributed by atoms with E-state index in [9.17, 15) is 5.11 Å². The number of rotatable bonds is 4. The molecule has 96 valence electrons. The molecule has 1 aliphatic rings. The molecule has 2 rings (SSSR count). The Balaban J connectivity index is 2.02. The maximum atomic E-state index is 9.71. The minimum absolute atomic E-state index is 0.309. The first kappa shape index (κ1) is 12.5. The normalized spacial score (nSPS) is 27.0. The van der Waals surface area contributed by atoms with Gasteiger partial charge in [0.25, 0.3) is 5.89 Å². The van der Waals surface area contributed by atoms with Crippen LogP contribution in [0.15, 0.2) is 4.52 Å². The van der Waals surface area contributed by atoms with Gasteiger partial charge in [-0.15, -0.1) is 0 Å². The smallest absolute Gasteiger partial charge is 0.255 e. The molecule has 3 atom stereocenters. The number of nitrogens with zero attached hydrogens (tertiary/aromatic N) is 2. The maximum absolute atomic E-state index is 9.71. The Morgan fingerprint density at radius 2 is 2.35 bits per heavy atom. The summed E-state index contributed by atoms with van der Waals surface area (Å²) in [6.07, 6.45) is 4.49. The molecule has 3 unspecified atom stereocenters. The first-order valence-electron chi connectivity index (χ1n) is 6.42. The van der Waals surface area contributed by atoms with Crippen LogP contribution in [-0.4, -0.2) is 21.8 Å². The zero-order valence-corrected chi connectivity index (χ0v) is 10.3. The first-order chi connectivity index (χ1) is 8.20. The monoisotopic (exact) mass is 239 g/mol. The van der Waals surface area contributed by atoms with Crippen molar-refractivity contribution in [1.82, 2.24) is 10.1 Å². The summed E-state index contributed by atoms with van der Waals surface area (Å²) < 4.78 is 5.10. The fraction of sp³-hybridized carbons (Fsp3) is 0.833. The average molecular weight is 239 g/mol. The van der Waals surface area contributed by atoms with Crippen molar-refractivity contribution in [2.24, 2.45) is 11.7 Å². The Hall–Kier alpha value is -0.940. The van der Waals surface area contributed by atoms with Crippen LogP contribution < -0.4 is 5.73 Å². The predicted octanol–water partition coefficient (Wildman–Crippen LogP) is 1.75. The molecule has 1 aromatic heterocycles. The number of aliphatic hydroxyl groups is 1. The zero-order valence-electron chi connectivity index (χ0n) is 10.3. The number of nitrogens with two attached hydrogens (primary N) is 1. The van der Waals surface area contributed by atoms with E-state index >= 15 is 0 Å². The van der Waals surface area contributed by atoms with E-state index in [1.54, 1.807) is 0 Å². The van der Waals surface area contributed by atoms with E-state index in [-0.39, 0.29) is 0 Å². The first-order valence-corrected chi connectivity index (χ1v) is 6.42. The van der Waals surface area contributed by atoms with Gasteiger partial charge in [0.1, 0.15) is 6.10 Å². The third-order valence-electron chi connectivity index (χ3n) is 3.48. The molecule has 1 fully saturated rings. The predicted molar refractivity (Wildman–Crippen MR) is 63.3 cm³/mol. The minimum atomic E-state index is -0.720. The number of hydrogen-bond donors (Lipinski definition) is 2. The van der Waals surface area contributed by atoms with Crippen molar-refractivity contribution in [3.8, 4) is 0 Å². The summed E-state index contributed by atoms with van der Waals surface area (Å²) in [5.41, 5.74) is 5.38. The second-order valence-electron chi connectivity index (χ2n) is 5.05. The Bertz CT molecular complexity index is 353.